The lowest BCUT2D eigenvalue weighted by Crippen LogP contribution is -2.44. The van der Waals surface area contributed by atoms with Gasteiger partial charge in [0.1, 0.15) is 16.5 Å². The zero-order chi connectivity index (χ0) is 27.1. The summed E-state index contributed by atoms with van der Waals surface area (Å²) < 4.78 is 35.5. The number of nitrogens with two attached hydrogens (primary N) is 1. The minimum absolute atomic E-state index is 0.135. The second-order valence-corrected chi connectivity index (χ2v) is 12.2. The molecule has 4 heterocycles. The lowest BCUT2D eigenvalue weighted by Gasteiger charge is -2.36. The van der Waals surface area contributed by atoms with Crippen LogP contribution in [0.4, 0.5) is 11.6 Å². The molecule has 0 radical (unpaired) electrons. The molecule has 1 aliphatic heterocycles. The molecule has 12 heteroatoms. The monoisotopic (exact) mass is 539 g/mol. The van der Waals surface area contributed by atoms with Crippen molar-refractivity contribution in [3.8, 4) is 11.7 Å². The highest BCUT2D eigenvalue weighted by molar-refractivity contribution is 7.90. The van der Waals surface area contributed by atoms with Gasteiger partial charge in [-0.2, -0.15) is 0 Å². The molecule has 1 atom stereocenters. The molecule has 0 aromatic carbocycles. The summed E-state index contributed by atoms with van der Waals surface area (Å²) in [4.78, 5) is 23.8. The first-order valence-electron chi connectivity index (χ1n) is 12.8. The molecule has 2 fully saturated rings. The van der Waals surface area contributed by atoms with Crippen LogP contribution in [0.3, 0.4) is 0 Å². The van der Waals surface area contributed by atoms with E-state index in [2.05, 4.69) is 40.5 Å². The van der Waals surface area contributed by atoms with E-state index in [1.807, 2.05) is 0 Å². The van der Waals surface area contributed by atoms with Gasteiger partial charge in [-0.3, -0.25) is 4.79 Å². The normalized spacial score (nSPS) is 19.2. The van der Waals surface area contributed by atoms with Gasteiger partial charge in [-0.05, 0) is 69.2 Å². The van der Waals surface area contributed by atoms with Crippen LogP contribution in [0.5, 0.6) is 5.88 Å². The highest BCUT2D eigenvalue weighted by Gasteiger charge is 2.41. The number of ether oxygens (including phenoxy) is 1. The molecule has 3 aromatic rings. The van der Waals surface area contributed by atoms with Gasteiger partial charge >= 0.3 is 0 Å². The fourth-order valence-electron chi connectivity index (χ4n) is 4.79. The summed E-state index contributed by atoms with van der Waals surface area (Å²) in [5.74, 6) is 1.31. The summed E-state index contributed by atoms with van der Waals surface area (Å²) in [7, 11) is -4.26. The van der Waals surface area contributed by atoms with E-state index in [0.29, 0.717) is 42.5 Å². The fourth-order valence-corrected chi connectivity index (χ4v) is 5.84. The number of carbonyl (C=O) groups is 1. The molecule has 202 valence electrons. The fraction of sp³-hybridized carbons (Fsp3) is 0.462. The lowest BCUT2D eigenvalue weighted by atomic mass is 9.86. The van der Waals surface area contributed by atoms with Crippen LogP contribution in [-0.2, 0) is 10.0 Å². The van der Waals surface area contributed by atoms with Gasteiger partial charge in [0, 0.05) is 30.5 Å². The molecule has 3 aromatic heterocycles. The molecule has 3 N–H and O–H groups in total. The third-order valence-electron chi connectivity index (χ3n) is 7.86. The van der Waals surface area contributed by atoms with Crippen LogP contribution in [0, 0.1) is 11.8 Å². The first-order chi connectivity index (χ1) is 18.1. The summed E-state index contributed by atoms with van der Waals surface area (Å²) >= 11 is 0. The first-order valence-corrected chi connectivity index (χ1v) is 14.3. The lowest BCUT2D eigenvalue weighted by molar-refractivity contribution is 0.0981. The Labute approximate surface area is 222 Å². The van der Waals surface area contributed by atoms with Gasteiger partial charge in [-0.25, -0.2) is 27.8 Å². The van der Waals surface area contributed by atoms with Crippen molar-refractivity contribution >= 4 is 27.6 Å². The highest BCUT2D eigenvalue weighted by Crippen LogP contribution is 2.39. The van der Waals surface area contributed by atoms with Crippen molar-refractivity contribution in [1.82, 2.24) is 24.5 Å². The van der Waals surface area contributed by atoms with Crippen LogP contribution in [-0.4, -0.2) is 52.8 Å². The van der Waals surface area contributed by atoms with E-state index in [9.17, 15) is 13.2 Å². The van der Waals surface area contributed by atoms with Crippen molar-refractivity contribution in [1.29, 1.82) is 0 Å². The Bertz CT molecular complexity index is 1450. The van der Waals surface area contributed by atoms with Crippen molar-refractivity contribution in [2.24, 2.45) is 11.8 Å². The molecule has 5 rings (SSSR count). The zero-order valence-corrected chi connectivity index (χ0v) is 22.6. The summed E-state index contributed by atoms with van der Waals surface area (Å²) in [6.07, 6.45) is 7.66. The summed E-state index contributed by atoms with van der Waals surface area (Å²) in [5, 5.41) is 4.51. The van der Waals surface area contributed by atoms with Crippen LogP contribution >= 0.6 is 0 Å². The van der Waals surface area contributed by atoms with Gasteiger partial charge in [0.15, 0.2) is 5.82 Å². The van der Waals surface area contributed by atoms with Gasteiger partial charge in [-0.15, -0.1) is 5.10 Å². The molecular weight excluding hydrogens is 506 g/mol. The molecule has 11 nitrogen and oxygen atoms in total. The largest absolute Gasteiger partial charge is 0.476 e. The number of aromatic nitrogens is 4. The van der Waals surface area contributed by atoms with Crippen molar-refractivity contribution < 1.29 is 17.9 Å². The van der Waals surface area contributed by atoms with E-state index in [4.69, 9.17) is 15.5 Å². The van der Waals surface area contributed by atoms with E-state index in [1.54, 1.807) is 29.1 Å². The topological polar surface area (TPSA) is 145 Å². The maximum atomic E-state index is 13.4. The van der Waals surface area contributed by atoms with E-state index >= 15 is 0 Å². The number of hydrogen-bond donors (Lipinski definition) is 2. The van der Waals surface area contributed by atoms with E-state index < -0.39 is 15.9 Å². The predicted octanol–water partition coefficient (Wildman–Crippen LogP) is 3.17. The number of pyridine rings is 2. The average Bonchev–Trinajstić information content (AvgIpc) is 3.41. The van der Waals surface area contributed by atoms with Crippen molar-refractivity contribution in [3.63, 3.8) is 0 Å². The molecule has 1 aliphatic carbocycles. The van der Waals surface area contributed by atoms with Crippen molar-refractivity contribution in [2.75, 3.05) is 23.8 Å². The number of nitrogens with zero attached hydrogens (tertiary/aromatic N) is 5. The van der Waals surface area contributed by atoms with Crippen LogP contribution in [0.2, 0.25) is 0 Å². The number of rotatable bonds is 8. The molecule has 2 aliphatic rings. The van der Waals surface area contributed by atoms with Crippen molar-refractivity contribution in [2.45, 2.75) is 56.9 Å². The SMILES string of the molecule is CC1CCN(c2nc(-n3ccc(OCC4CCC4)n3)ccc2C(=O)NS(=O)(=O)c2cccnc2N)C1(C)C. The molecule has 1 saturated heterocycles. The van der Waals surface area contributed by atoms with E-state index in [1.165, 1.54) is 37.6 Å². The molecule has 0 bridgehead atoms. The Balaban J connectivity index is 1.47. The molecule has 1 amide bonds. The summed E-state index contributed by atoms with van der Waals surface area (Å²) in [6, 6.07) is 7.74. The Morgan fingerprint density at radius 3 is 2.66 bits per heavy atom. The average molecular weight is 540 g/mol. The Morgan fingerprint density at radius 2 is 2.00 bits per heavy atom. The molecule has 1 unspecified atom stereocenters. The second kappa shape index (κ2) is 9.90. The van der Waals surface area contributed by atoms with Crippen LogP contribution < -0.4 is 20.1 Å². The number of amides is 1. The maximum absolute atomic E-state index is 13.4. The standard InChI is InChI=1S/C26H33N7O4S/c1-17-11-14-32(26(17,2)3)24-19(25(34)31-38(35,36)20-8-5-13-28-23(20)27)9-10-21(29-24)33-15-12-22(30-33)37-16-18-6-4-7-18/h5,8-10,12-13,15,17-18H,4,6-7,11,14,16H2,1-3H3,(H2,27,28)(H,31,34). The van der Waals surface area contributed by atoms with Crippen LogP contribution in [0.25, 0.3) is 5.82 Å². The number of sulfonamides is 1. The quantitative estimate of drug-likeness (QED) is 0.441. The molecular formula is C26H33N7O4S. The maximum Gasteiger partial charge on any atom is 0.268 e. The highest BCUT2D eigenvalue weighted by atomic mass is 32.2. The van der Waals surface area contributed by atoms with E-state index in [-0.39, 0.29) is 21.8 Å². The zero-order valence-electron chi connectivity index (χ0n) is 21.8. The van der Waals surface area contributed by atoms with Gasteiger partial charge in [0.05, 0.1) is 12.2 Å². The van der Waals surface area contributed by atoms with Gasteiger partial charge in [0.25, 0.3) is 15.9 Å². The number of nitrogens with one attached hydrogen (secondary N) is 1. The molecule has 38 heavy (non-hydrogen) atoms. The second-order valence-electron chi connectivity index (χ2n) is 10.6. The minimum Gasteiger partial charge on any atom is -0.476 e. The summed E-state index contributed by atoms with van der Waals surface area (Å²) in [5.41, 5.74) is 5.58. The van der Waals surface area contributed by atoms with Crippen LogP contribution in [0.1, 0.15) is 56.8 Å². The van der Waals surface area contributed by atoms with Gasteiger partial charge in [-0.1, -0.05) is 13.3 Å². The number of hydrogen-bond acceptors (Lipinski definition) is 9. The first kappa shape index (κ1) is 26.0. The van der Waals surface area contributed by atoms with Gasteiger partial charge < -0.3 is 15.4 Å². The minimum atomic E-state index is -4.26. The molecule has 1 saturated carbocycles. The van der Waals surface area contributed by atoms with Gasteiger partial charge in [0.2, 0.25) is 5.88 Å². The third kappa shape index (κ3) is 4.92. The number of anilines is 2. The smallest absolute Gasteiger partial charge is 0.268 e. The van der Waals surface area contributed by atoms with Crippen molar-refractivity contribution in [3.05, 3.63) is 48.3 Å². The predicted molar refractivity (Wildman–Crippen MR) is 143 cm³/mol. The number of nitrogen functional groups attached to an aromatic ring is 1. The van der Waals surface area contributed by atoms with E-state index in [0.717, 1.165) is 6.42 Å². The molecule has 0 spiro atoms. The Kier molecular flexibility index (Phi) is 6.76. The number of carbonyl (C=O) groups excluding carboxylic acids is 1. The third-order valence-corrected chi connectivity index (χ3v) is 9.23. The Morgan fingerprint density at radius 1 is 1.21 bits per heavy atom. The summed E-state index contributed by atoms with van der Waals surface area (Å²) in [6.45, 7) is 7.65. The Hall–Kier alpha value is -3.67. The van der Waals surface area contributed by atoms with Crippen LogP contribution in [0.15, 0.2) is 47.6 Å².